The number of nitrogens with two attached hydrogens (primary N) is 1. The van der Waals surface area contributed by atoms with Crippen LogP contribution in [0.15, 0.2) is 47.4 Å². The highest BCUT2D eigenvalue weighted by Crippen LogP contribution is 2.26. The Hall–Kier alpha value is -1.55. The highest BCUT2D eigenvalue weighted by molar-refractivity contribution is 7.98. The summed E-state index contributed by atoms with van der Waals surface area (Å²) < 4.78 is 25.7. The molecule has 2 aromatic rings. The van der Waals surface area contributed by atoms with Gasteiger partial charge in [-0.05, 0) is 48.0 Å². The van der Waals surface area contributed by atoms with Gasteiger partial charge in [0.1, 0.15) is 11.6 Å². The normalized spacial score (nSPS) is 10.5. The third-order valence-corrected chi connectivity index (χ3v) is 3.37. The molecule has 0 saturated carbocycles. The van der Waals surface area contributed by atoms with Crippen LogP contribution in [0.25, 0.3) is 0 Å². The van der Waals surface area contributed by atoms with Crippen LogP contribution in [0.2, 0.25) is 0 Å². The molecule has 0 amide bonds. The fourth-order valence-electron chi connectivity index (χ4n) is 1.39. The molecule has 2 aromatic carbocycles. The zero-order chi connectivity index (χ0) is 12.3. The topological polar surface area (TPSA) is 26.0 Å². The van der Waals surface area contributed by atoms with Gasteiger partial charge in [0.25, 0.3) is 0 Å². The minimum atomic E-state index is -0.297. The molecule has 1 nitrogen and oxygen atoms in total. The van der Waals surface area contributed by atoms with Crippen LogP contribution in [-0.2, 0) is 5.75 Å². The molecular formula is C13H11F2NS. The standard InChI is InChI=1S/C13H11F2NS/c14-10-1-4-12(5-2-10)17-8-9-7-11(15)3-6-13(9)16/h1-7H,8,16H2. The van der Waals surface area contributed by atoms with Gasteiger partial charge in [-0.25, -0.2) is 8.78 Å². The van der Waals surface area contributed by atoms with Crippen LogP contribution in [0.4, 0.5) is 14.5 Å². The third kappa shape index (κ3) is 3.20. The van der Waals surface area contributed by atoms with E-state index in [0.29, 0.717) is 11.4 Å². The Kier molecular flexibility index (Phi) is 3.64. The maximum Gasteiger partial charge on any atom is 0.123 e. The van der Waals surface area contributed by atoms with Crippen LogP contribution in [0.1, 0.15) is 5.56 Å². The molecule has 0 saturated heterocycles. The summed E-state index contributed by atoms with van der Waals surface area (Å²) in [6, 6.07) is 10.5. The lowest BCUT2D eigenvalue weighted by Crippen LogP contribution is -1.93. The van der Waals surface area contributed by atoms with Crippen molar-refractivity contribution in [1.29, 1.82) is 0 Å². The van der Waals surface area contributed by atoms with Crippen molar-refractivity contribution < 1.29 is 8.78 Å². The molecule has 0 unspecified atom stereocenters. The Morgan fingerprint density at radius 3 is 2.29 bits per heavy atom. The minimum absolute atomic E-state index is 0.264. The van der Waals surface area contributed by atoms with Gasteiger partial charge in [0, 0.05) is 16.3 Å². The Labute approximate surface area is 103 Å². The summed E-state index contributed by atoms with van der Waals surface area (Å²) in [7, 11) is 0. The number of anilines is 1. The van der Waals surface area contributed by atoms with Crippen molar-refractivity contribution >= 4 is 17.4 Å². The third-order valence-electron chi connectivity index (χ3n) is 2.31. The van der Waals surface area contributed by atoms with Gasteiger partial charge in [-0.15, -0.1) is 11.8 Å². The first-order chi connectivity index (χ1) is 8.15. The Bertz CT molecular complexity index is 511. The lowest BCUT2D eigenvalue weighted by Gasteiger charge is -2.05. The molecule has 88 valence electrons. The fraction of sp³-hybridized carbons (Fsp3) is 0.0769. The number of hydrogen-bond donors (Lipinski definition) is 1. The molecule has 0 aromatic heterocycles. The molecule has 2 rings (SSSR count). The lowest BCUT2D eigenvalue weighted by molar-refractivity contribution is 0.626. The second kappa shape index (κ2) is 5.19. The summed E-state index contributed by atoms with van der Waals surface area (Å²) in [6.07, 6.45) is 0. The van der Waals surface area contributed by atoms with Crippen LogP contribution in [0.3, 0.4) is 0 Å². The summed E-state index contributed by atoms with van der Waals surface area (Å²) in [6.45, 7) is 0. The predicted molar refractivity (Wildman–Crippen MR) is 66.8 cm³/mol. The van der Waals surface area contributed by atoms with E-state index in [2.05, 4.69) is 0 Å². The SMILES string of the molecule is Nc1ccc(F)cc1CSc1ccc(F)cc1. The minimum Gasteiger partial charge on any atom is -0.398 e. The first kappa shape index (κ1) is 11.9. The van der Waals surface area contributed by atoms with E-state index in [-0.39, 0.29) is 11.6 Å². The highest BCUT2D eigenvalue weighted by Gasteiger charge is 2.02. The van der Waals surface area contributed by atoms with Crippen LogP contribution < -0.4 is 5.73 Å². The van der Waals surface area contributed by atoms with E-state index in [9.17, 15) is 8.78 Å². The molecule has 17 heavy (non-hydrogen) atoms. The zero-order valence-corrected chi connectivity index (χ0v) is 9.81. The molecule has 2 N–H and O–H groups in total. The van der Waals surface area contributed by atoms with Crippen molar-refractivity contribution in [3.05, 3.63) is 59.7 Å². The lowest BCUT2D eigenvalue weighted by atomic mass is 10.2. The largest absolute Gasteiger partial charge is 0.398 e. The van der Waals surface area contributed by atoms with E-state index in [1.54, 1.807) is 18.2 Å². The molecule has 0 atom stereocenters. The molecular weight excluding hydrogens is 240 g/mol. The van der Waals surface area contributed by atoms with Gasteiger partial charge in [0.15, 0.2) is 0 Å². The molecule has 0 aliphatic rings. The molecule has 0 radical (unpaired) electrons. The smallest absolute Gasteiger partial charge is 0.123 e. The molecule has 0 fully saturated rings. The molecule has 0 heterocycles. The van der Waals surface area contributed by atoms with Crippen molar-refractivity contribution in [2.24, 2.45) is 0 Å². The Balaban J connectivity index is 2.07. The molecule has 0 spiro atoms. The van der Waals surface area contributed by atoms with Gasteiger partial charge in [0.2, 0.25) is 0 Å². The van der Waals surface area contributed by atoms with Crippen molar-refractivity contribution in [1.82, 2.24) is 0 Å². The highest BCUT2D eigenvalue weighted by atomic mass is 32.2. The van der Waals surface area contributed by atoms with Crippen molar-refractivity contribution in [2.45, 2.75) is 10.6 Å². The molecule has 0 aliphatic carbocycles. The van der Waals surface area contributed by atoms with E-state index in [4.69, 9.17) is 5.73 Å². The quantitative estimate of drug-likeness (QED) is 0.662. The molecule has 4 heteroatoms. The van der Waals surface area contributed by atoms with E-state index < -0.39 is 0 Å². The maximum atomic E-state index is 13.0. The second-order valence-corrected chi connectivity index (χ2v) is 4.63. The summed E-state index contributed by atoms with van der Waals surface area (Å²) in [4.78, 5) is 0.926. The fourth-order valence-corrected chi connectivity index (χ4v) is 2.29. The van der Waals surface area contributed by atoms with Crippen LogP contribution in [-0.4, -0.2) is 0 Å². The summed E-state index contributed by atoms with van der Waals surface area (Å²) >= 11 is 1.49. The van der Waals surface area contributed by atoms with E-state index in [1.807, 2.05) is 0 Å². The summed E-state index contributed by atoms with van der Waals surface area (Å²) in [5, 5.41) is 0. The van der Waals surface area contributed by atoms with E-state index in [0.717, 1.165) is 10.5 Å². The van der Waals surface area contributed by atoms with Gasteiger partial charge in [-0.3, -0.25) is 0 Å². The number of nitrogen functional groups attached to an aromatic ring is 1. The number of thioether (sulfide) groups is 1. The van der Waals surface area contributed by atoms with E-state index in [1.165, 1.54) is 36.0 Å². The average molecular weight is 251 g/mol. The van der Waals surface area contributed by atoms with Crippen molar-refractivity contribution in [3.8, 4) is 0 Å². The van der Waals surface area contributed by atoms with Crippen LogP contribution in [0.5, 0.6) is 0 Å². The monoisotopic (exact) mass is 251 g/mol. The van der Waals surface area contributed by atoms with Gasteiger partial charge in [-0.1, -0.05) is 0 Å². The van der Waals surface area contributed by atoms with Crippen molar-refractivity contribution in [2.75, 3.05) is 5.73 Å². The Morgan fingerprint density at radius 1 is 0.941 bits per heavy atom. The second-order valence-electron chi connectivity index (χ2n) is 3.59. The number of rotatable bonds is 3. The number of benzene rings is 2. The van der Waals surface area contributed by atoms with Crippen molar-refractivity contribution in [3.63, 3.8) is 0 Å². The van der Waals surface area contributed by atoms with Gasteiger partial charge in [0.05, 0.1) is 0 Å². The zero-order valence-electron chi connectivity index (χ0n) is 8.99. The molecule has 0 bridgehead atoms. The number of hydrogen-bond acceptors (Lipinski definition) is 2. The first-order valence-corrected chi connectivity index (χ1v) is 6.06. The van der Waals surface area contributed by atoms with E-state index >= 15 is 0 Å². The maximum absolute atomic E-state index is 13.0. The Morgan fingerprint density at radius 2 is 1.59 bits per heavy atom. The van der Waals surface area contributed by atoms with Crippen LogP contribution in [0, 0.1) is 11.6 Å². The van der Waals surface area contributed by atoms with Crippen LogP contribution >= 0.6 is 11.8 Å². The molecule has 0 aliphatic heterocycles. The summed E-state index contributed by atoms with van der Waals surface area (Å²) in [5.74, 6) is 0.00316. The van der Waals surface area contributed by atoms with Gasteiger partial charge >= 0.3 is 0 Å². The number of halogens is 2. The first-order valence-electron chi connectivity index (χ1n) is 5.07. The average Bonchev–Trinajstić information content (AvgIpc) is 2.32. The summed E-state index contributed by atoms with van der Waals surface area (Å²) in [5.41, 5.74) is 7.06. The van der Waals surface area contributed by atoms with Gasteiger partial charge in [-0.2, -0.15) is 0 Å². The van der Waals surface area contributed by atoms with Gasteiger partial charge < -0.3 is 5.73 Å². The predicted octanol–water partition coefficient (Wildman–Crippen LogP) is 3.84.